The van der Waals surface area contributed by atoms with Gasteiger partial charge in [0.25, 0.3) is 5.91 Å². The van der Waals surface area contributed by atoms with Crippen molar-refractivity contribution in [2.24, 2.45) is 5.92 Å². The summed E-state index contributed by atoms with van der Waals surface area (Å²) in [5, 5.41) is 9.87. The van der Waals surface area contributed by atoms with E-state index in [1.807, 2.05) is 0 Å². The second-order valence-corrected chi connectivity index (χ2v) is 4.25. The van der Waals surface area contributed by atoms with Gasteiger partial charge in [-0.15, -0.1) is 12.4 Å². The highest BCUT2D eigenvalue weighted by molar-refractivity contribution is 5.92. The molecule has 0 bridgehead atoms. The van der Waals surface area contributed by atoms with E-state index in [4.69, 9.17) is 4.52 Å². The normalized spacial score (nSPS) is 19.5. The first-order valence-corrected chi connectivity index (χ1v) is 5.68. The zero-order valence-electron chi connectivity index (χ0n) is 9.86. The van der Waals surface area contributed by atoms with Gasteiger partial charge in [0.05, 0.1) is 0 Å². The molecular formula is C11H18ClN3O2. The molecule has 1 fully saturated rings. The van der Waals surface area contributed by atoms with Crippen LogP contribution in [0.1, 0.15) is 29.1 Å². The minimum atomic E-state index is -0.151. The van der Waals surface area contributed by atoms with Crippen molar-refractivity contribution in [2.75, 3.05) is 19.6 Å². The zero-order valence-corrected chi connectivity index (χ0v) is 10.7. The van der Waals surface area contributed by atoms with Crippen LogP contribution in [0.3, 0.4) is 0 Å². The molecule has 0 aliphatic carbocycles. The third-order valence-corrected chi connectivity index (χ3v) is 2.81. The Morgan fingerprint density at radius 3 is 3.12 bits per heavy atom. The molecule has 1 aliphatic heterocycles. The molecule has 0 saturated carbocycles. The maximum atomic E-state index is 11.6. The van der Waals surface area contributed by atoms with E-state index in [1.165, 1.54) is 12.8 Å². The van der Waals surface area contributed by atoms with E-state index in [-0.39, 0.29) is 18.3 Å². The van der Waals surface area contributed by atoms with E-state index in [1.54, 1.807) is 13.0 Å². The fourth-order valence-corrected chi connectivity index (χ4v) is 1.90. The summed E-state index contributed by atoms with van der Waals surface area (Å²) in [6, 6.07) is 1.65. The summed E-state index contributed by atoms with van der Waals surface area (Å²) in [4.78, 5) is 11.6. The smallest absolute Gasteiger partial charge is 0.273 e. The van der Waals surface area contributed by atoms with E-state index in [0.29, 0.717) is 23.9 Å². The lowest BCUT2D eigenvalue weighted by Gasteiger charge is -2.22. The fraction of sp³-hybridized carbons (Fsp3) is 0.636. The maximum Gasteiger partial charge on any atom is 0.273 e. The van der Waals surface area contributed by atoms with Crippen LogP contribution in [0.15, 0.2) is 10.6 Å². The van der Waals surface area contributed by atoms with Crippen molar-refractivity contribution < 1.29 is 9.32 Å². The van der Waals surface area contributed by atoms with Crippen LogP contribution in [-0.2, 0) is 0 Å². The van der Waals surface area contributed by atoms with E-state index in [2.05, 4.69) is 15.8 Å². The lowest BCUT2D eigenvalue weighted by molar-refractivity contribution is 0.0935. The number of rotatable bonds is 3. The van der Waals surface area contributed by atoms with Gasteiger partial charge in [0.15, 0.2) is 5.69 Å². The summed E-state index contributed by atoms with van der Waals surface area (Å²) >= 11 is 0. The summed E-state index contributed by atoms with van der Waals surface area (Å²) in [6.45, 7) is 4.55. The van der Waals surface area contributed by atoms with Crippen molar-refractivity contribution in [3.05, 3.63) is 17.5 Å². The Labute approximate surface area is 107 Å². The summed E-state index contributed by atoms with van der Waals surface area (Å²) < 4.78 is 4.85. The molecule has 1 aliphatic rings. The standard InChI is InChI=1S/C11H17N3O2.ClH/c1-8-5-10(14-16-8)11(15)13-7-9-3-2-4-12-6-9;/h5,9,12H,2-4,6-7H2,1H3,(H,13,15);1H. The largest absolute Gasteiger partial charge is 0.361 e. The van der Waals surface area contributed by atoms with Crippen LogP contribution in [0.25, 0.3) is 0 Å². The predicted molar refractivity (Wildman–Crippen MR) is 66.4 cm³/mol. The molecule has 2 rings (SSSR count). The fourth-order valence-electron chi connectivity index (χ4n) is 1.90. The van der Waals surface area contributed by atoms with Gasteiger partial charge in [-0.05, 0) is 38.8 Å². The number of nitrogens with one attached hydrogen (secondary N) is 2. The van der Waals surface area contributed by atoms with Crippen LogP contribution in [0.2, 0.25) is 0 Å². The number of hydrogen-bond acceptors (Lipinski definition) is 4. The average molecular weight is 260 g/mol. The van der Waals surface area contributed by atoms with E-state index in [9.17, 15) is 4.79 Å². The average Bonchev–Trinajstić information content (AvgIpc) is 2.74. The third-order valence-electron chi connectivity index (χ3n) is 2.81. The second-order valence-electron chi connectivity index (χ2n) is 4.25. The number of hydrogen-bond donors (Lipinski definition) is 2. The first kappa shape index (κ1) is 14.0. The summed E-state index contributed by atoms with van der Waals surface area (Å²) in [5.74, 6) is 1.04. The maximum absolute atomic E-state index is 11.6. The molecule has 0 radical (unpaired) electrons. The van der Waals surface area contributed by atoms with Crippen molar-refractivity contribution in [2.45, 2.75) is 19.8 Å². The van der Waals surface area contributed by atoms with E-state index >= 15 is 0 Å². The van der Waals surface area contributed by atoms with Gasteiger partial charge in [0, 0.05) is 12.6 Å². The Balaban J connectivity index is 0.00000144. The minimum absolute atomic E-state index is 0. The molecule has 1 saturated heterocycles. The molecule has 2 heterocycles. The van der Waals surface area contributed by atoms with Crippen LogP contribution < -0.4 is 10.6 Å². The molecule has 2 N–H and O–H groups in total. The van der Waals surface area contributed by atoms with Crippen molar-refractivity contribution in [3.8, 4) is 0 Å². The molecule has 5 nitrogen and oxygen atoms in total. The molecule has 1 amide bonds. The van der Waals surface area contributed by atoms with Crippen LogP contribution in [0.5, 0.6) is 0 Å². The van der Waals surface area contributed by atoms with Crippen molar-refractivity contribution >= 4 is 18.3 Å². The number of halogens is 1. The van der Waals surface area contributed by atoms with Crippen LogP contribution in [0, 0.1) is 12.8 Å². The SMILES string of the molecule is Cc1cc(C(=O)NCC2CCCNC2)no1.Cl. The Morgan fingerprint density at radius 1 is 1.71 bits per heavy atom. The number of carbonyl (C=O) groups excluding carboxylic acids is 1. The first-order chi connectivity index (χ1) is 7.75. The topological polar surface area (TPSA) is 67.2 Å². The van der Waals surface area contributed by atoms with E-state index in [0.717, 1.165) is 13.1 Å². The Morgan fingerprint density at radius 2 is 2.53 bits per heavy atom. The van der Waals surface area contributed by atoms with Gasteiger partial charge in [-0.3, -0.25) is 4.79 Å². The molecule has 0 spiro atoms. The number of nitrogens with zero attached hydrogens (tertiary/aromatic N) is 1. The lowest BCUT2D eigenvalue weighted by Crippen LogP contribution is -2.38. The molecule has 1 aromatic rings. The van der Waals surface area contributed by atoms with Crippen LogP contribution in [0.4, 0.5) is 0 Å². The van der Waals surface area contributed by atoms with Gasteiger partial charge in [-0.2, -0.15) is 0 Å². The molecule has 96 valence electrons. The van der Waals surface area contributed by atoms with E-state index < -0.39 is 0 Å². The molecule has 1 unspecified atom stereocenters. The highest BCUT2D eigenvalue weighted by atomic mass is 35.5. The van der Waals surface area contributed by atoms with Crippen molar-refractivity contribution in [1.29, 1.82) is 0 Å². The highest BCUT2D eigenvalue weighted by Gasteiger charge is 2.15. The quantitative estimate of drug-likeness (QED) is 0.854. The van der Waals surface area contributed by atoms with Crippen LogP contribution >= 0.6 is 12.4 Å². The number of carbonyl (C=O) groups is 1. The molecular weight excluding hydrogens is 242 g/mol. The van der Waals surface area contributed by atoms with Gasteiger partial charge in [0.1, 0.15) is 5.76 Å². The number of amides is 1. The van der Waals surface area contributed by atoms with Crippen LogP contribution in [-0.4, -0.2) is 30.7 Å². The number of piperidine rings is 1. The molecule has 1 aromatic heterocycles. The molecule has 1 atom stereocenters. The van der Waals surface area contributed by atoms with Gasteiger partial charge >= 0.3 is 0 Å². The monoisotopic (exact) mass is 259 g/mol. The van der Waals surface area contributed by atoms with Crippen molar-refractivity contribution in [3.63, 3.8) is 0 Å². The third kappa shape index (κ3) is 4.02. The van der Waals surface area contributed by atoms with Gasteiger partial charge < -0.3 is 15.2 Å². The molecule has 6 heteroatoms. The summed E-state index contributed by atoms with van der Waals surface area (Å²) in [6.07, 6.45) is 2.36. The lowest BCUT2D eigenvalue weighted by atomic mass is 10.00. The first-order valence-electron chi connectivity index (χ1n) is 5.68. The highest BCUT2D eigenvalue weighted by Crippen LogP contribution is 2.08. The minimum Gasteiger partial charge on any atom is -0.361 e. The predicted octanol–water partition coefficient (Wildman–Crippen LogP) is 1.13. The summed E-state index contributed by atoms with van der Waals surface area (Å²) in [7, 11) is 0. The van der Waals surface area contributed by atoms with Gasteiger partial charge in [0.2, 0.25) is 0 Å². The Hall–Kier alpha value is -1.07. The van der Waals surface area contributed by atoms with Crippen molar-refractivity contribution in [1.82, 2.24) is 15.8 Å². The van der Waals surface area contributed by atoms with Gasteiger partial charge in [-0.25, -0.2) is 0 Å². The van der Waals surface area contributed by atoms with Gasteiger partial charge in [-0.1, -0.05) is 5.16 Å². The zero-order chi connectivity index (χ0) is 11.4. The summed E-state index contributed by atoms with van der Waals surface area (Å²) in [5.41, 5.74) is 0.362. The number of aromatic nitrogens is 1. The number of aryl methyl sites for hydroxylation is 1. The molecule has 17 heavy (non-hydrogen) atoms. The Kier molecular flexibility index (Phi) is 5.44. The second kappa shape index (κ2) is 6.61. The Bertz CT molecular complexity index is 361. The molecule has 0 aromatic carbocycles.